The number of methoxy groups -OCH3 is 4. The van der Waals surface area contributed by atoms with Gasteiger partial charge in [0.05, 0.1) is 65.9 Å². The lowest BCUT2D eigenvalue weighted by Gasteiger charge is -2.36. The van der Waals surface area contributed by atoms with Crippen molar-refractivity contribution in [3.05, 3.63) is 215 Å². The number of imide groups is 1. The Hall–Kier alpha value is -9.89. The zero-order chi connectivity index (χ0) is 73.3. The van der Waals surface area contributed by atoms with Crippen LogP contribution in [0.1, 0.15) is 84.3 Å². The summed E-state index contributed by atoms with van der Waals surface area (Å²) in [6, 6.07) is 23.5. The highest BCUT2D eigenvalue weighted by Crippen LogP contribution is 2.37. The summed E-state index contributed by atoms with van der Waals surface area (Å²) in [5, 5.41) is 44.3. The summed E-state index contributed by atoms with van der Waals surface area (Å²) in [6.45, 7) is 9.50. The van der Waals surface area contributed by atoms with E-state index < -0.39 is 72.4 Å². The SMILES string of the molecule is CB(O)N1CC=C(c2cccc([N+](=O)[O-])c2)CC1.CNc1cccc(C2CCN(CCCNC(=O)N3C(=O)NC(COC)=C(C(=O)OC)C3c3ccc(F)c(F)c3)CC2)c1.COCC1=C(C(=O)OC)[C@H](c2ccc(F)c(F)c2)NC(=O)N1.NCCCN1CC=C(c2cccc([N+](=O)[O-])c2)CC1. The number of piperidine rings is 1. The van der Waals surface area contributed by atoms with Crippen LogP contribution >= 0.6 is 0 Å². The first-order valence-corrected chi connectivity index (χ1v) is 32.7. The first-order chi connectivity index (χ1) is 48.5. The van der Waals surface area contributed by atoms with Gasteiger partial charge in [-0.3, -0.25) is 25.1 Å². The number of likely N-dealkylation sites (tertiary alicyclic amines) is 1. The molecule has 0 spiro atoms. The highest BCUT2D eigenvalue weighted by molar-refractivity contribution is 6.45. The van der Waals surface area contributed by atoms with Crippen molar-refractivity contribution in [2.45, 2.75) is 63.3 Å². The summed E-state index contributed by atoms with van der Waals surface area (Å²) in [5.41, 5.74) is 12.8. The molecule has 0 aliphatic carbocycles. The number of nitro benzene ring substituents is 2. The number of carbonyl (C=O) groups is 5. The lowest BCUT2D eigenvalue weighted by Crippen LogP contribution is -2.55. The second-order valence-electron chi connectivity index (χ2n) is 23.9. The van der Waals surface area contributed by atoms with Crippen LogP contribution in [0, 0.1) is 43.5 Å². The van der Waals surface area contributed by atoms with Crippen LogP contribution in [-0.2, 0) is 28.5 Å². The van der Waals surface area contributed by atoms with Crippen LogP contribution < -0.4 is 32.3 Å². The third-order valence-electron chi connectivity index (χ3n) is 17.4. The number of benzene rings is 5. The number of nitro groups is 2. The van der Waals surface area contributed by atoms with Crippen LogP contribution in [0.2, 0.25) is 6.82 Å². The number of amides is 6. The zero-order valence-electron chi connectivity index (χ0n) is 57.1. The van der Waals surface area contributed by atoms with Gasteiger partial charge in [0.25, 0.3) is 11.4 Å². The van der Waals surface area contributed by atoms with Crippen molar-refractivity contribution in [2.75, 3.05) is 119 Å². The quantitative estimate of drug-likeness (QED) is 0.00847. The molecule has 5 heterocycles. The van der Waals surface area contributed by atoms with Crippen molar-refractivity contribution in [2.24, 2.45) is 5.73 Å². The first-order valence-electron chi connectivity index (χ1n) is 32.7. The van der Waals surface area contributed by atoms with Gasteiger partial charge in [-0.25, -0.2) is 46.4 Å². The van der Waals surface area contributed by atoms with Crippen LogP contribution in [0.5, 0.6) is 0 Å². The molecule has 0 saturated carbocycles. The van der Waals surface area contributed by atoms with Crippen molar-refractivity contribution in [3.8, 4) is 0 Å². The Labute approximate surface area is 583 Å². The molecule has 2 atom stereocenters. The minimum absolute atomic E-state index is 0.0241. The third kappa shape index (κ3) is 21.8. The number of ether oxygens (including phenoxy) is 4. The number of non-ortho nitro benzene ring substituents is 2. The number of carbonyl (C=O) groups excluding carboxylic acids is 5. The molecule has 1 saturated heterocycles. The molecule has 5 aromatic rings. The van der Waals surface area contributed by atoms with Crippen molar-refractivity contribution < 1.29 is 75.4 Å². The fourth-order valence-corrected chi connectivity index (χ4v) is 12.1. The number of esters is 2. The van der Waals surface area contributed by atoms with Gasteiger partial charge in [0.15, 0.2) is 23.3 Å². The van der Waals surface area contributed by atoms with Gasteiger partial charge in [0.1, 0.15) is 6.04 Å². The average molecular weight is 1410 g/mol. The maximum Gasteiger partial charge on any atom is 0.376 e. The fraction of sp³-hybridized carbons (Fsp3) is 0.386. The Morgan fingerprint density at radius 1 is 0.663 bits per heavy atom. The highest BCUT2D eigenvalue weighted by Gasteiger charge is 2.43. The largest absolute Gasteiger partial charge is 0.466 e. The van der Waals surface area contributed by atoms with Gasteiger partial charge >= 0.3 is 37.1 Å². The van der Waals surface area contributed by atoms with Crippen molar-refractivity contribution in [3.63, 3.8) is 0 Å². The third-order valence-corrected chi connectivity index (χ3v) is 17.4. The van der Waals surface area contributed by atoms with Gasteiger partial charge < -0.3 is 66.0 Å². The van der Waals surface area contributed by atoms with Crippen LogP contribution in [0.25, 0.3) is 11.1 Å². The zero-order valence-corrected chi connectivity index (χ0v) is 57.1. The van der Waals surface area contributed by atoms with Gasteiger partial charge in [-0.15, -0.1) is 0 Å². The fourth-order valence-electron chi connectivity index (χ4n) is 12.1. The van der Waals surface area contributed by atoms with E-state index in [0.29, 0.717) is 18.9 Å². The van der Waals surface area contributed by atoms with Crippen molar-refractivity contribution >= 4 is 65.3 Å². The van der Waals surface area contributed by atoms with Gasteiger partial charge in [0.2, 0.25) is 0 Å². The molecule has 1 unspecified atom stereocenters. The van der Waals surface area contributed by atoms with Crippen LogP contribution in [0.15, 0.2) is 144 Å². The summed E-state index contributed by atoms with van der Waals surface area (Å²) in [5.74, 6) is -5.46. The van der Waals surface area contributed by atoms with Gasteiger partial charge in [-0.05, 0) is 166 Å². The standard InChI is InChI=1S/C30H37F2N5O5.C14H14F2N2O4.C14H19N3O2.C12H15BN2O3/c1-33-22-7-4-6-20(16-22)19-10-14-36(15-11-19)13-5-12-34-29(39)37-27(21-8-9-23(31)24(32)17-21)26(28(38)42-3)25(18-41-2)35-30(37)40;1-21-6-10-11(13(19)22-2)12(18-14(20)17-10)7-3-4-8(15)9(16)5-7;15-7-2-8-16-9-5-12(6-10-16)13-3-1-4-14(11-13)17(18)19;1-13(16)14-7-5-10(6-8-14)11-3-2-4-12(9-11)15(17)18/h4,6-9,16-17,19,27,33H,5,10-15,18H2,1-3H3,(H,34,39)(H,35,40);3-5,12H,6H2,1-2H3,(H2,17,18,20);1,3-5,11H,2,6-10,15H2;2-5,9,16H,6-8H2,1H3/t;12-;;/m.0../s1. The number of nitrogens with zero attached hydrogens (tertiary/aromatic N) is 6. The second-order valence-corrected chi connectivity index (χ2v) is 23.9. The van der Waals surface area contributed by atoms with Gasteiger partial charge in [-0.1, -0.05) is 60.7 Å². The van der Waals surface area contributed by atoms with Gasteiger partial charge in [0, 0.05) is 77.4 Å². The average Bonchev–Trinajstić information content (AvgIpc) is 0.751. The molecule has 0 bridgehead atoms. The highest BCUT2D eigenvalue weighted by atomic mass is 19.2. The number of hydrogen-bond acceptors (Lipinski definition) is 19. The molecule has 5 aliphatic rings. The topological polar surface area (TPSA) is 328 Å². The van der Waals surface area contributed by atoms with Crippen LogP contribution in [-0.4, -0.2) is 186 Å². The molecule has 8 N–H and O–H groups in total. The van der Waals surface area contributed by atoms with E-state index in [-0.39, 0.29) is 74.6 Å². The molecule has 10 rings (SSSR count). The van der Waals surface area contributed by atoms with Crippen molar-refractivity contribution in [1.29, 1.82) is 0 Å². The van der Waals surface area contributed by atoms with E-state index in [0.717, 1.165) is 143 Å². The molecule has 1 fully saturated rings. The number of nitrogens with two attached hydrogens (primary N) is 1. The number of halogens is 4. The Balaban J connectivity index is 0.000000204. The normalized spacial score (nSPS) is 17.3. The number of urea groups is 3. The van der Waals surface area contributed by atoms with E-state index in [4.69, 9.17) is 24.7 Å². The monoisotopic (exact) mass is 1400 g/mol. The summed E-state index contributed by atoms with van der Waals surface area (Å²) in [6.07, 6.45) is 9.64. The van der Waals surface area contributed by atoms with E-state index >= 15 is 0 Å². The molecule has 5 aromatic carbocycles. The number of anilines is 1. The van der Waals surface area contributed by atoms with E-state index in [1.54, 1.807) is 31.1 Å². The smallest absolute Gasteiger partial charge is 0.376 e. The van der Waals surface area contributed by atoms with Crippen molar-refractivity contribution in [1.82, 2.24) is 40.8 Å². The van der Waals surface area contributed by atoms with E-state index in [2.05, 4.69) is 60.7 Å². The molecule has 31 heteroatoms. The summed E-state index contributed by atoms with van der Waals surface area (Å²) in [7, 11) is 6.54. The van der Waals surface area contributed by atoms with Crippen LogP contribution in [0.3, 0.4) is 0 Å². The lowest BCUT2D eigenvalue weighted by atomic mass is 9.82. The minimum Gasteiger partial charge on any atom is -0.466 e. The minimum atomic E-state index is -1.37. The number of hydrogen-bond donors (Lipinski definition) is 7. The molecule has 0 radical (unpaired) electrons. The molecule has 0 aromatic heterocycles. The summed E-state index contributed by atoms with van der Waals surface area (Å²) >= 11 is 0. The van der Waals surface area contributed by atoms with E-state index in [1.807, 2.05) is 36.1 Å². The Kier molecular flexibility index (Phi) is 30.0. The molecule has 6 amide bonds. The molecular formula is C70H85BF4N12O14. The molecule has 101 heavy (non-hydrogen) atoms. The summed E-state index contributed by atoms with van der Waals surface area (Å²) in [4.78, 5) is 91.2. The molecule has 5 aliphatic heterocycles. The van der Waals surface area contributed by atoms with Gasteiger partial charge in [-0.2, -0.15) is 0 Å². The van der Waals surface area contributed by atoms with E-state index in [9.17, 15) is 66.8 Å². The molecule has 540 valence electrons. The van der Waals surface area contributed by atoms with Crippen LogP contribution in [0.4, 0.5) is 49.0 Å². The lowest BCUT2D eigenvalue weighted by molar-refractivity contribution is -0.385. The molecular weight excluding hydrogens is 1320 g/mol. The first kappa shape index (κ1) is 78.5. The maximum atomic E-state index is 14.2. The Bertz CT molecular complexity index is 3890. The number of nitrogens with one attached hydrogen (secondary N) is 5. The summed E-state index contributed by atoms with van der Waals surface area (Å²) < 4.78 is 74.1. The molecule has 26 nitrogen and oxygen atoms in total. The predicted octanol–water partition coefficient (Wildman–Crippen LogP) is 9.34. The maximum absolute atomic E-state index is 14.2. The Morgan fingerprint density at radius 3 is 1.74 bits per heavy atom. The second kappa shape index (κ2) is 38.6. The van der Waals surface area contributed by atoms with E-state index in [1.165, 1.54) is 56.7 Å². The predicted molar refractivity (Wildman–Crippen MR) is 371 cm³/mol. The Morgan fingerprint density at radius 2 is 1.22 bits per heavy atom. The number of rotatable bonds is 22.